The zero-order valence-corrected chi connectivity index (χ0v) is 11.1. The van der Waals surface area contributed by atoms with Crippen molar-refractivity contribution in [1.82, 2.24) is 0 Å². The normalized spacial score (nSPS) is 10.3. The molecule has 1 aromatic carbocycles. The van der Waals surface area contributed by atoms with Gasteiger partial charge in [0.05, 0.1) is 16.9 Å². The van der Waals surface area contributed by atoms with Crippen LogP contribution >= 0.6 is 0 Å². The van der Waals surface area contributed by atoms with E-state index in [1.165, 1.54) is 25.3 Å². The molecule has 0 radical (unpaired) electrons. The standard InChI is InChI=1S/C14H22N2O2/c1-3-4-5-6-9-16(2)13-8-7-11(14(17)18)10-12(13)15/h7-8,10H,3-6,9,15H2,1-2H3,(H,17,18). The molecule has 0 aliphatic rings. The van der Waals surface area contributed by atoms with Crippen molar-refractivity contribution >= 4 is 17.3 Å². The van der Waals surface area contributed by atoms with E-state index in [1.807, 2.05) is 7.05 Å². The van der Waals surface area contributed by atoms with Gasteiger partial charge in [0.2, 0.25) is 0 Å². The fraction of sp³-hybridized carbons (Fsp3) is 0.500. The Kier molecular flexibility index (Phi) is 5.49. The smallest absolute Gasteiger partial charge is 0.335 e. The first-order valence-corrected chi connectivity index (χ1v) is 6.40. The van der Waals surface area contributed by atoms with Crippen LogP contribution in [0.4, 0.5) is 11.4 Å². The van der Waals surface area contributed by atoms with Crippen LogP contribution in [-0.4, -0.2) is 24.7 Å². The minimum atomic E-state index is -0.946. The molecule has 18 heavy (non-hydrogen) atoms. The van der Waals surface area contributed by atoms with Gasteiger partial charge in [0.15, 0.2) is 0 Å². The molecule has 0 heterocycles. The first-order chi connectivity index (χ1) is 8.56. The molecule has 0 unspecified atom stereocenters. The number of anilines is 2. The quantitative estimate of drug-likeness (QED) is 0.576. The Bertz CT molecular complexity index is 405. The number of carbonyl (C=O) groups is 1. The first-order valence-electron chi connectivity index (χ1n) is 6.40. The van der Waals surface area contributed by atoms with Gasteiger partial charge < -0.3 is 15.7 Å². The van der Waals surface area contributed by atoms with Crippen LogP contribution in [0.25, 0.3) is 0 Å². The van der Waals surface area contributed by atoms with Gasteiger partial charge in [-0.25, -0.2) is 4.79 Å². The molecule has 0 aliphatic heterocycles. The SMILES string of the molecule is CCCCCCN(C)c1ccc(C(=O)O)cc1N. The first kappa shape index (κ1) is 14.4. The molecule has 0 aliphatic carbocycles. The predicted octanol–water partition coefficient (Wildman–Crippen LogP) is 2.98. The second kappa shape index (κ2) is 6.89. The Morgan fingerprint density at radius 1 is 1.33 bits per heavy atom. The van der Waals surface area contributed by atoms with E-state index in [4.69, 9.17) is 10.8 Å². The number of nitrogen functional groups attached to an aromatic ring is 1. The molecule has 0 fully saturated rings. The molecular weight excluding hydrogens is 228 g/mol. The van der Waals surface area contributed by atoms with Gasteiger partial charge in [-0.2, -0.15) is 0 Å². The third kappa shape index (κ3) is 3.95. The summed E-state index contributed by atoms with van der Waals surface area (Å²) in [4.78, 5) is 12.9. The highest BCUT2D eigenvalue weighted by Gasteiger charge is 2.09. The van der Waals surface area contributed by atoms with Crippen LogP contribution < -0.4 is 10.6 Å². The Morgan fingerprint density at radius 2 is 2.06 bits per heavy atom. The molecule has 3 N–H and O–H groups in total. The minimum Gasteiger partial charge on any atom is -0.478 e. The molecule has 0 spiro atoms. The fourth-order valence-electron chi connectivity index (χ4n) is 1.93. The number of nitrogens with zero attached hydrogens (tertiary/aromatic N) is 1. The number of hydrogen-bond acceptors (Lipinski definition) is 3. The van der Waals surface area contributed by atoms with Crippen LogP contribution in [0.15, 0.2) is 18.2 Å². The highest BCUT2D eigenvalue weighted by Crippen LogP contribution is 2.23. The van der Waals surface area contributed by atoms with Gasteiger partial charge >= 0.3 is 5.97 Å². The maximum Gasteiger partial charge on any atom is 0.335 e. The van der Waals surface area contributed by atoms with Crippen LogP contribution in [0.1, 0.15) is 43.0 Å². The van der Waals surface area contributed by atoms with Crippen molar-refractivity contribution in [3.63, 3.8) is 0 Å². The summed E-state index contributed by atoms with van der Waals surface area (Å²) in [6, 6.07) is 4.88. The molecule has 0 amide bonds. The summed E-state index contributed by atoms with van der Waals surface area (Å²) in [5, 5.41) is 8.87. The molecule has 0 aromatic heterocycles. The van der Waals surface area contributed by atoms with Gasteiger partial charge in [0, 0.05) is 13.6 Å². The van der Waals surface area contributed by atoms with Crippen LogP contribution in [0.2, 0.25) is 0 Å². The summed E-state index contributed by atoms with van der Waals surface area (Å²) in [5.41, 5.74) is 7.54. The number of carboxylic acid groups (broad SMARTS) is 1. The Balaban J connectivity index is 2.62. The van der Waals surface area contributed by atoms with Crippen molar-refractivity contribution in [3.8, 4) is 0 Å². The van der Waals surface area contributed by atoms with Crippen molar-refractivity contribution in [3.05, 3.63) is 23.8 Å². The Labute approximate surface area is 108 Å². The van der Waals surface area contributed by atoms with Crippen molar-refractivity contribution in [1.29, 1.82) is 0 Å². The molecular formula is C14H22N2O2. The van der Waals surface area contributed by atoms with E-state index in [0.717, 1.165) is 18.7 Å². The maximum atomic E-state index is 10.8. The summed E-state index contributed by atoms with van der Waals surface area (Å²) < 4.78 is 0. The average Bonchev–Trinajstić information content (AvgIpc) is 2.34. The van der Waals surface area contributed by atoms with Crippen molar-refractivity contribution in [2.75, 3.05) is 24.2 Å². The zero-order chi connectivity index (χ0) is 13.5. The summed E-state index contributed by atoms with van der Waals surface area (Å²) in [6.45, 7) is 3.13. The van der Waals surface area contributed by atoms with E-state index in [-0.39, 0.29) is 5.56 Å². The van der Waals surface area contributed by atoms with E-state index >= 15 is 0 Å². The molecule has 0 saturated heterocycles. The molecule has 0 atom stereocenters. The maximum absolute atomic E-state index is 10.8. The van der Waals surface area contributed by atoms with E-state index < -0.39 is 5.97 Å². The number of carboxylic acids is 1. The average molecular weight is 250 g/mol. The zero-order valence-electron chi connectivity index (χ0n) is 11.1. The third-order valence-electron chi connectivity index (χ3n) is 3.03. The number of aromatic carboxylic acids is 1. The summed E-state index contributed by atoms with van der Waals surface area (Å²) in [5.74, 6) is -0.946. The number of rotatable bonds is 7. The lowest BCUT2D eigenvalue weighted by atomic mass is 10.1. The Hall–Kier alpha value is -1.71. The minimum absolute atomic E-state index is 0.232. The lowest BCUT2D eigenvalue weighted by Gasteiger charge is -2.21. The molecule has 0 bridgehead atoms. The highest BCUT2D eigenvalue weighted by atomic mass is 16.4. The lowest BCUT2D eigenvalue weighted by Crippen LogP contribution is -2.20. The number of unbranched alkanes of at least 4 members (excludes halogenated alkanes) is 3. The monoisotopic (exact) mass is 250 g/mol. The van der Waals surface area contributed by atoms with Gasteiger partial charge in [0.1, 0.15) is 0 Å². The van der Waals surface area contributed by atoms with Crippen molar-refractivity contribution < 1.29 is 9.90 Å². The van der Waals surface area contributed by atoms with Gasteiger partial charge in [-0.05, 0) is 24.6 Å². The second-order valence-electron chi connectivity index (χ2n) is 4.56. The molecule has 1 rings (SSSR count). The van der Waals surface area contributed by atoms with Crippen molar-refractivity contribution in [2.45, 2.75) is 32.6 Å². The van der Waals surface area contributed by atoms with Gasteiger partial charge in [-0.15, -0.1) is 0 Å². The van der Waals surface area contributed by atoms with Gasteiger partial charge in [-0.3, -0.25) is 0 Å². The fourth-order valence-corrected chi connectivity index (χ4v) is 1.93. The molecule has 0 saturated carbocycles. The molecule has 4 nitrogen and oxygen atoms in total. The second-order valence-corrected chi connectivity index (χ2v) is 4.56. The molecule has 4 heteroatoms. The van der Waals surface area contributed by atoms with E-state index in [0.29, 0.717) is 5.69 Å². The third-order valence-corrected chi connectivity index (χ3v) is 3.03. The summed E-state index contributed by atoms with van der Waals surface area (Å²) >= 11 is 0. The number of benzene rings is 1. The topological polar surface area (TPSA) is 66.6 Å². The van der Waals surface area contributed by atoms with Crippen molar-refractivity contribution in [2.24, 2.45) is 0 Å². The van der Waals surface area contributed by atoms with E-state index in [1.54, 1.807) is 12.1 Å². The van der Waals surface area contributed by atoms with Crippen LogP contribution in [-0.2, 0) is 0 Å². The van der Waals surface area contributed by atoms with E-state index in [2.05, 4.69) is 11.8 Å². The number of nitrogens with two attached hydrogens (primary N) is 1. The Morgan fingerprint density at radius 3 is 2.61 bits per heavy atom. The highest BCUT2D eigenvalue weighted by molar-refractivity contribution is 5.90. The van der Waals surface area contributed by atoms with Crippen LogP contribution in [0.3, 0.4) is 0 Å². The van der Waals surface area contributed by atoms with Gasteiger partial charge in [-0.1, -0.05) is 26.2 Å². The van der Waals surface area contributed by atoms with E-state index in [9.17, 15) is 4.79 Å². The van der Waals surface area contributed by atoms with Gasteiger partial charge in [0.25, 0.3) is 0 Å². The van der Waals surface area contributed by atoms with Crippen LogP contribution in [0, 0.1) is 0 Å². The lowest BCUT2D eigenvalue weighted by molar-refractivity contribution is 0.0697. The van der Waals surface area contributed by atoms with Crippen LogP contribution in [0.5, 0.6) is 0 Å². The summed E-state index contributed by atoms with van der Waals surface area (Å²) in [7, 11) is 1.98. The number of hydrogen-bond donors (Lipinski definition) is 2. The largest absolute Gasteiger partial charge is 0.478 e. The predicted molar refractivity (Wildman–Crippen MR) is 75.2 cm³/mol. The summed E-state index contributed by atoms with van der Waals surface area (Å²) in [6.07, 6.45) is 4.82. The molecule has 100 valence electrons. The molecule has 1 aromatic rings.